The number of aromatic nitrogens is 1. The van der Waals surface area contributed by atoms with E-state index in [1.165, 1.54) is 10.0 Å². The third-order valence-electron chi connectivity index (χ3n) is 7.92. The largest absolute Gasteiger partial charge is 0.678 e. The predicted molar refractivity (Wildman–Crippen MR) is 151 cm³/mol. The van der Waals surface area contributed by atoms with Crippen molar-refractivity contribution < 1.29 is 8.63 Å². The number of benzene rings is 3. The first-order chi connectivity index (χ1) is 18.5. The molecule has 2 aliphatic carbocycles. The minimum Gasteiger partial charge on any atom is -0.397 e. The lowest BCUT2D eigenvalue weighted by Gasteiger charge is -2.20. The molecule has 1 aromatic heterocycles. The van der Waals surface area contributed by atoms with Crippen molar-refractivity contribution in [3.8, 4) is 11.3 Å². The Morgan fingerprint density at radius 2 is 1.45 bits per heavy atom. The number of hydrogen-bond acceptors (Lipinski definition) is 3. The smallest absolute Gasteiger partial charge is 0.397 e. The molecule has 1 aliphatic heterocycles. The maximum absolute atomic E-state index is 15.0. The van der Waals surface area contributed by atoms with Gasteiger partial charge in [-0.05, 0) is 77.8 Å². The number of aryl methyl sites for hydroxylation is 3. The first-order valence-electron chi connectivity index (χ1n) is 12.9. The minimum atomic E-state index is -2.73. The maximum Gasteiger partial charge on any atom is 0.678 e. The molecule has 7 heteroatoms. The fourth-order valence-electron chi connectivity index (χ4n) is 6.11. The van der Waals surface area contributed by atoms with Crippen LogP contribution in [0.1, 0.15) is 39.9 Å². The summed E-state index contributed by atoms with van der Waals surface area (Å²) in [7, 11) is -2.73. The summed E-state index contributed by atoms with van der Waals surface area (Å²) in [4.78, 5) is 5.08. The Balaban J connectivity index is 1.53. The number of nitrogen functional groups attached to an aromatic ring is 2. The van der Waals surface area contributed by atoms with E-state index in [2.05, 4.69) is 18.2 Å². The number of fused-ring (bicyclic) bond motifs is 6. The Morgan fingerprint density at radius 3 is 2.21 bits per heavy atom. The van der Waals surface area contributed by atoms with Gasteiger partial charge in [-0.2, -0.15) is 0 Å². The highest BCUT2D eigenvalue weighted by Crippen LogP contribution is 2.43. The number of allylic oxidation sites excluding steroid dienone is 2. The molecular weight excluding hydrogens is 477 g/mol. The number of nitrogens with two attached hydrogens (primary N) is 2. The molecule has 4 N–H and O–H groups in total. The summed E-state index contributed by atoms with van der Waals surface area (Å²) in [5.74, 6) is 0. The van der Waals surface area contributed by atoms with E-state index in [-0.39, 0.29) is 0 Å². The Bertz CT molecular complexity index is 1730. The average Bonchev–Trinajstić information content (AvgIpc) is 3.53. The topological polar surface area (TPSA) is 69.3 Å². The van der Waals surface area contributed by atoms with Gasteiger partial charge < -0.3 is 15.9 Å². The summed E-state index contributed by atoms with van der Waals surface area (Å²) >= 11 is 0. The summed E-state index contributed by atoms with van der Waals surface area (Å²) in [6.07, 6.45) is 5.37. The Kier molecular flexibility index (Phi) is 5.15. The summed E-state index contributed by atoms with van der Waals surface area (Å²) in [6.45, 7) is 0. The van der Waals surface area contributed by atoms with E-state index >= 15 is 0 Å². The van der Waals surface area contributed by atoms with Crippen LogP contribution in [-0.2, 0) is 19.3 Å². The van der Waals surface area contributed by atoms with Gasteiger partial charge in [0.05, 0.1) is 22.8 Å². The van der Waals surface area contributed by atoms with E-state index in [1.807, 2.05) is 48.5 Å². The fourth-order valence-corrected chi connectivity index (χ4v) is 6.11. The van der Waals surface area contributed by atoms with Crippen LogP contribution in [0.25, 0.3) is 16.8 Å². The highest BCUT2D eigenvalue weighted by Gasteiger charge is 2.34. The van der Waals surface area contributed by atoms with E-state index in [1.54, 1.807) is 12.1 Å². The van der Waals surface area contributed by atoms with Gasteiger partial charge in [0.15, 0.2) is 0 Å². The second-order valence-electron chi connectivity index (χ2n) is 10.1. The molecule has 3 aromatic carbocycles. The third-order valence-corrected chi connectivity index (χ3v) is 7.92. The quantitative estimate of drug-likeness (QED) is 0.254. The van der Waals surface area contributed by atoms with Gasteiger partial charge in [-0.25, -0.2) is 4.99 Å². The summed E-state index contributed by atoms with van der Waals surface area (Å²) in [5, 5.41) is 0. The van der Waals surface area contributed by atoms with Crippen LogP contribution in [0.3, 0.4) is 0 Å². The van der Waals surface area contributed by atoms with Crippen molar-refractivity contribution in [1.82, 2.24) is 4.48 Å². The number of halogens is 2. The van der Waals surface area contributed by atoms with Crippen molar-refractivity contribution in [1.29, 1.82) is 0 Å². The Morgan fingerprint density at radius 1 is 0.763 bits per heavy atom. The van der Waals surface area contributed by atoms with Crippen LogP contribution in [0.5, 0.6) is 0 Å². The summed E-state index contributed by atoms with van der Waals surface area (Å²) in [6, 6.07) is 23.4. The zero-order valence-electron chi connectivity index (χ0n) is 20.7. The van der Waals surface area contributed by atoms with Gasteiger partial charge in [-0.1, -0.05) is 54.6 Å². The summed E-state index contributed by atoms with van der Waals surface area (Å²) in [5.41, 5.74) is 23.4. The number of rotatable bonds is 3. The van der Waals surface area contributed by atoms with Gasteiger partial charge in [0.25, 0.3) is 0 Å². The van der Waals surface area contributed by atoms with Crippen molar-refractivity contribution in [2.45, 2.75) is 25.7 Å². The molecule has 38 heavy (non-hydrogen) atoms. The standard InChI is InChI=1S/C31H25BF2N4/c33-32(34)38-28(17-22-12-10-19-6-2-4-8-24(19)31(22)38)29(20-13-14-25(35)26(36)15-20)27-16-21-11-9-18-5-1-3-7-23(18)30(21)37-27/h1-8,13-17H,9-12,35-36H2/b29-27-. The van der Waals surface area contributed by atoms with Crippen LogP contribution < -0.4 is 11.5 Å². The number of hydrogen-bond donors (Lipinski definition) is 2. The van der Waals surface area contributed by atoms with Gasteiger partial charge in [-0.3, -0.25) is 8.63 Å². The van der Waals surface area contributed by atoms with Gasteiger partial charge >= 0.3 is 7.40 Å². The van der Waals surface area contributed by atoms with E-state index in [4.69, 9.17) is 16.5 Å². The van der Waals surface area contributed by atoms with Gasteiger partial charge in [0.2, 0.25) is 0 Å². The van der Waals surface area contributed by atoms with Crippen molar-refractivity contribution in [3.63, 3.8) is 0 Å². The number of nitrogens with zero attached hydrogens (tertiary/aromatic N) is 2. The number of anilines is 2. The van der Waals surface area contributed by atoms with Gasteiger partial charge in [0, 0.05) is 28.1 Å². The molecule has 0 spiro atoms. The van der Waals surface area contributed by atoms with Crippen LogP contribution in [-0.4, -0.2) is 17.6 Å². The van der Waals surface area contributed by atoms with E-state index < -0.39 is 7.40 Å². The molecule has 0 bridgehead atoms. The van der Waals surface area contributed by atoms with Crippen LogP contribution in [0.4, 0.5) is 20.0 Å². The molecule has 0 unspecified atom stereocenters. The third kappa shape index (κ3) is 3.45. The minimum absolute atomic E-state index is 0.409. The first-order valence-corrected chi connectivity index (χ1v) is 12.9. The molecule has 0 saturated carbocycles. The molecule has 4 nitrogen and oxygen atoms in total. The normalized spacial score (nSPS) is 16.6. The zero-order valence-corrected chi connectivity index (χ0v) is 20.7. The Labute approximate surface area is 220 Å². The Hall–Kier alpha value is -4.39. The number of aliphatic imine (C=N–C) groups is 1. The highest BCUT2D eigenvalue weighted by molar-refractivity contribution is 6.42. The van der Waals surface area contributed by atoms with Crippen molar-refractivity contribution >= 4 is 30.1 Å². The monoisotopic (exact) mass is 502 g/mol. The molecule has 3 aliphatic rings. The van der Waals surface area contributed by atoms with Crippen LogP contribution in [0.2, 0.25) is 0 Å². The molecular formula is C31H25BF2N4. The molecule has 0 amide bonds. The molecule has 0 saturated heterocycles. The molecule has 0 radical (unpaired) electrons. The predicted octanol–water partition coefficient (Wildman–Crippen LogP) is 6.33. The van der Waals surface area contributed by atoms with Crippen LogP contribution >= 0.6 is 0 Å². The first kappa shape index (κ1) is 22.8. The van der Waals surface area contributed by atoms with Crippen LogP contribution in [0, 0.1) is 0 Å². The van der Waals surface area contributed by atoms with Gasteiger partial charge in [0.1, 0.15) is 0 Å². The maximum atomic E-state index is 15.0. The average molecular weight is 502 g/mol. The zero-order chi connectivity index (χ0) is 26.0. The van der Waals surface area contributed by atoms with Crippen molar-refractivity contribution in [2.75, 3.05) is 11.5 Å². The molecule has 4 aromatic rings. The molecule has 2 heterocycles. The highest BCUT2D eigenvalue weighted by atomic mass is 19.2. The second kappa shape index (κ2) is 8.59. The fraction of sp³-hybridized carbons (Fsp3) is 0.129. The SMILES string of the molecule is Nc1ccc(/C(=C2\C=C3CCc4ccccc4C3=N2)c2cc3c(n2B(F)F)-c2ccccc2CC3)cc1N. The molecule has 0 fully saturated rings. The van der Waals surface area contributed by atoms with Gasteiger partial charge in [-0.15, -0.1) is 0 Å². The lowest BCUT2D eigenvalue weighted by atomic mass is 9.87. The van der Waals surface area contributed by atoms with E-state index in [0.29, 0.717) is 46.0 Å². The van der Waals surface area contributed by atoms with Crippen molar-refractivity contribution in [3.05, 3.63) is 124 Å². The van der Waals surface area contributed by atoms with E-state index in [0.717, 1.165) is 52.8 Å². The van der Waals surface area contributed by atoms with Crippen LogP contribution in [0.15, 0.2) is 95.1 Å². The lowest BCUT2D eigenvalue weighted by molar-refractivity contribution is 0.629. The summed E-state index contributed by atoms with van der Waals surface area (Å²) < 4.78 is 31.2. The molecule has 186 valence electrons. The molecule has 0 atom stereocenters. The molecule has 7 rings (SSSR count). The lowest BCUT2D eigenvalue weighted by Crippen LogP contribution is -2.19. The van der Waals surface area contributed by atoms with Crippen molar-refractivity contribution in [2.24, 2.45) is 4.99 Å². The second-order valence-corrected chi connectivity index (χ2v) is 10.1. The van der Waals surface area contributed by atoms with E-state index in [9.17, 15) is 8.63 Å².